The number of benzene rings is 1. The predicted molar refractivity (Wildman–Crippen MR) is 90.6 cm³/mol. The van der Waals surface area contributed by atoms with Crippen LogP contribution < -0.4 is 0 Å². The summed E-state index contributed by atoms with van der Waals surface area (Å²) in [6, 6.07) is 11.5. The number of carbonyl (C=O) groups is 1. The van der Waals surface area contributed by atoms with E-state index in [1.54, 1.807) is 17.4 Å². The minimum absolute atomic E-state index is 0.326. The zero-order valence-electron chi connectivity index (χ0n) is 12.4. The Morgan fingerprint density at radius 2 is 2.14 bits per heavy atom. The monoisotopic (exact) mass is 311 g/mol. The van der Waals surface area contributed by atoms with Gasteiger partial charge in [0.1, 0.15) is 0 Å². The molecule has 2 heterocycles. The molecule has 0 saturated carbocycles. The van der Waals surface area contributed by atoms with Crippen molar-refractivity contribution < 1.29 is 9.90 Å². The zero-order valence-corrected chi connectivity index (χ0v) is 13.2. The van der Waals surface area contributed by atoms with Gasteiger partial charge in [-0.25, -0.2) is 9.78 Å². The van der Waals surface area contributed by atoms with Gasteiger partial charge in [-0.2, -0.15) is 0 Å². The maximum absolute atomic E-state index is 11.6. The third kappa shape index (κ3) is 2.88. The number of aryl methyl sites for hydroxylation is 1. The maximum atomic E-state index is 11.6. The van der Waals surface area contributed by atoms with E-state index in [0.29, 0.717) is 5.56 Å². The Labute approximate surface area is 133 Å². The van der Waals surface area contributed by atoms with Crippen molar-refractivity contribution in [1.82, 2.24) is 4.98 Å². The normalized spacial score (nSPS) is 11.0. The minimum Gasteiger partial charge on any atom is -0.478 e. The highest BCUT2D eigenvalue weighted by atomic mass is 32.1. The van der Waals surface area contributed by atoms with Crippen LogP contribution in [-0.4, -0.2) is 16.1 Å². The second-order valence-electron chi connectivity index (χ2n) is 5.29. The fourth-order valence-corrected chi connectivity index (χ4v) is 3.22. The van der Waals surface area contributed by atoms with E-state index < -0.39 is 5.97 Å². The molecule has 1 N–H and O–H groups in total. The Morgan fingerprint density at radius 3 is 2.82 bits per heavy atom. The summed E-state index contributed by atoms with van der Waals surface area (Å²) in [5.41, 5.74) is 2.96. The second kappa shape index (κ2) is 6.28. The molecule has 0 aliphatic heterocycles. The molecule has 22 heavy (non-hydrogen) atoms. The van der Waals surface area contributed by atoms with Gasteiger partial charge in [-0.15, -0.1) is 11.3 Å². The Kier molecular flexibility index (Phi) is 4.20. The van der Waals surface area contributed by atoms with E-state index in [-0.39, 0.29) is 0 Å². The number of carboxylic acids is 1. The molecule has 0 aliphatic carbocycles. The molecule has 112 valence electrons. The van der Waals surface area contributed by atoms with Crippen LogP contribution >= 0.6 is 11.3 Å². The molecule has 0 atom stereocenters. The number of aromatic carboxylic acids is 1. The van der Waals surface area contributed by atoms with Crippen molar-refractivity contribution in [2.24, 2.45) is 0 Å². The molecule has 0 fully saturated rings. The Morgan fingerprint density at radius 1 is 1.27 bits per heavy atom. The molecule has 0 aliphatic rings. The highest BCUT2D eigenvalue weighted by Gasteiger charge is 2.14. The number of nitrogens with zero attached hydrogens (tertiary/aromatic N) is 1. The number of rotatable bonds is 5. The van der Waals surface area contributed by atoms with Crippen LogP contribution in [0.1, 0.15) is 35.7 Å². The lowest BCUT2D eigenvalue weighted by molar-refractivity contribution is 0.0699. The third-order valence-electron chi connectivity index (χ3n) is 3.70. The van der Waals surface area contributed by atoms with Gasteiger partial charge in [-0.3, -0.25) is 0 Å². The first-order valence-electron chi connectivity index (χ1n) is 7.40. The number of fused-ring (bicyclic) bond motifs is 1. The Hall–Kier alpha value is -2.20. The van der Waals surface area contributed by atoms with Gasteiger partial charge in [-0.05, 0) is 48.1 Å². The van der Waals surface area contributed by atoms with Crippen LogP contribution in [0, 0.1) is 0 Å². The van der Waals surface area contributed by atoms with E-state index in [2.05, 4.69) is 18.0 Å². The fourth-order valence-electron chi connectivity index (χ4n) is 2.54. The number of hydrogen-bond acceptors (Lipinski definition) is 3. The largest absolute Gasteiger partial charge is 0.478 e. The highest BCUT2D eigenvalue weighted by molar-refractivity contribution is 7.13. The van der Waals surface area contributed by atoms with Crippen LogP contribution in [0.3, 0.4) is 0 Å². The summed E-state index contributed by atoms with van der Waals surface area (Å²) < 4.78 is 0. The van der Waals surface area contributed by atoms with Crippen LogP contribution in [0.15, 0.2) is 41.8 Å². The van der Waals surface area contributed by atoms with Crippen LogP contribution in [0.25, 0.3) is 21.5 Å². The van der Waals surface area contributed by atoms with Crippen molar-refractivity contribution >= 4 is 28.2 Å². The lowest BCUT2D eigenvalue weighted by Crippen LogP contribution is -2.00. The van der Waals surface area contributed by atoms with Crippen molar-refractivity contribution in [1.29, 1.82) is 0 Å². The van der Waals surface area contributed by atoms with Gasteiger partial charge in [0.05, 0.1) is 21.7 Å². The van der Waals surface area contributed by atoms with Crippen LogP contribution in [0.2, 0.25) is 0 Å². The van der Waals surface area contributed by atoms with Crippen molar-refractivity contribution in [2.45, 2.75) is 26.2 Å². The summed E-state index contributed by atoms with van der Waals surface area (Å²) in [7, 11) is 0. The molecular formula is C18H17NO2S. The summed E-state index contributed by atoms with van der Waals surface area (Å²) in [6.45, 7) is 2.15. The number of thiophene rings is 1. The molecule has 0 unspecified atom stereocenters. The summed E-state index contributed by atoms with van der Waals surface area (Å²) in [6.07, 6.45) is 3.20. The first-order valence-corrected chi connectivity index (χ1v) is 8.28. The number of unbranched alkanes of at least 4 members (excludes halogenated alkanes) is 1. The molecule has 3 rings (SSSR count). The second-order valence-corrected chi connectivity index (χ2v) is 6.24. The van der Waals surface area contributed by atoms with Crippen molar-refractivity contribution in [2.75, 3.05) is 0 Å². The number of carboxylic acid groups (broad SMARTS) is 1. The van der Waals surface area contributed by atoms with E-state index in [0.717, 1.165) is 40.7 Å². The minimum atomic E-state index is -0.905. The van der Waals surface area contributed by atoms with E-state index in [1.165, 1.54) is 5.56 Å². The average molecular weight is 311 g/mol. The SMILES string of the molecule is CCCCc1ccc2nc(-c3cccs3)cc(C(=O)O)c2c1. The topological polar surface area (TPSA) is 50.2 Å². The van der Waals surface area contributed by atoms with Crippen molar-refractivity contribution in [3.05, 3.63) is 52.9 Å². The van der Waals surface area contributed by atoms with Gasteiger partial charge < -0.3 is 5.11 Å². The predicted octanol–water partition coefficient (Wildman–Crippen LogP) is 5.00. The Bertz CT molecular complexity index is 809. The number of aromatic nitrogens is 1. The van der Waals surface area contributed by atoms with Crippen LogP contribution in [0.4, 0.5) is 0 Å². The van der Waals surface area contributed by atoms with Gasteiger partial charge in [0.15, 0.2) is 0 Å². The van der Waals surface area contributed by atoms with Crippen molar-refractivity contribution in [3.63, 3.8) is 0 Å². The standard InChI is InChI=1S/C18H17NO2S/c1-2-3-5-12-7-8-15-13(10-12)14(18(20)21)11-16(19-15)17-6-4-9-22-17/h4,6-11H,2-3,5H2,1H3,(H,20,21). The third-order valence-corrected chi connectivity index (χ3v) is 4.59. The molecule has 3 nitrogen and oxygen atoms in total. The summed E-state index contributed by atoms with van der Waals surface area (Å²) in [5, 5.41) is 12.2. The molecule has 0 amide bonds. The van der Waals surface area contributed by atoms with E-state index in [4.69, 9.17) is 0 Å². The van der Waals surface area contributed by atoms with Gasteiger partial charge >= 0.3 is 5.97 Å². The highest BCUT2D eigenvalue weighted by Crippen LogP contribution is 2.28. The molecular weight excluding hydrogens is 294 g/mol. The van der Waals surface area contributed by atoms with Gasteiger partial charge in [0.2, 0.25) is 0 Å². The number of pyridine rings is 1. The summed E-state index contributed by atoms with van der Waals surface area (Å²) in [4.78, 5) is 17.3. The van der Waals surface area contributed by atoms with Crippen molar-refractivity contribution in [3.8, 4) is 10.6 Å². The molecule has 2 aromatic heterocycles. The van der Waals surface area contributed by atoms with Gasteiger partial charge in [0.25, 0.3) is 0 Å². The first-order chi connectivity index (χ1) is 10.7. The number of hydrogen-bond donors (Lipinski definition) is 1. The lowest BCUT2D eigenvalue weighted by Gasteiger charge is -2.08. The summed E-state index contributed by atoms with van der Waals surface area (Å²) >= 11 is 1.56. The fraction of sp³-hybridized carbons (Fsp3) is 0.222. The summed E-state index contributed by atoms with van der Waals surface area (Å²) in [5.74, 6) is -0.905. The lowest BCUT2D eigenvalue weighted by atomic mass is 10.0. The van der Waals surface area contributed by atoms with E-state index >= 15 is 0 Å². The molecule has 3 aromatic rings. The molecule has 4 heteroatoms. The van der Waals surface area contributed by atoms with Gasteiger partial charge in [-0.1, -0.05) is 25.5 Å². The quantitative estimate of drug-likeness (QED) is 0.721. The Balaban J connectivity index is 2.15. The van der Waals surface area contributed by atoms with E-state index in [9.17, 15) is 9.90 Å². The van der Waals surface area contributed by atoms with E-state index in [1.807, 2.05) is 29.6 Å². The molecule has 1 aromatic carbocycles. The zero-order chi connectivity index (χ0) is 15.5. The maximum Gasteiger partial charge on any atom is 0.336 e. The van der Waals surface area contributed by atoms with Gasteiger partial charge in [0, 0.05) is 5.39 Å². The smallest absolute Gasteiger partial charge is 0.336 e. The average Bonchev–Trinajstić information content (AvgIpc) is 3.06. The molecule has 0 spiro atoms. The first kappa shape index (κ1) is 14.7. The molecule has 0 radical (unpaired) electrons. The van der Waals surface area contributed by atoms with Crippen LogP contribution in [-0.2, 0) is 6.42 Å². The molecule has 0 bridgehead atoms. The molecule has 0 saturated heterocycles. The van der Waals surface area contributed by atoms with Crippen LogP contribution in [0.5, 0.6) is 0 Å².